The molecule has 0 saturated heterocycles. The second-order valence-corrected chi connectivity index (χ2v) is 10.2. The average Bonchev–Trinajstić information content (AvgIpc) is 3.23. The zero-order valence-electron chi connectivity index (χ0n) is 16.8. The summed E-state index contributed by atoms with van der Waals surface area (Å²) in [7, 11) is -2.09. The number of thiophene rings is 1. The van der Waals surface area contributed by atoms with E-state index in [0.717, 1.165) is 11.1 Å². The van der Waals surface area contributed by atoms with E-state index in [1.807, 2.05) is 32.9 Å². The molecule has 1 heterocycles. The van der Waals surface area contributed by atoms with Crippen molar-refractivity contribution in [2.75, 3.05) is 11.4 Å². The Hall–Kier alpha value is -2.64. The molecule has 0 bridgehead atoms. The third-order valence-electron chi connectivity index (χ3n) is 4.84. The van der Waals surface area contributed by atoms with Gasteiger partial charge in [0.05, 0.1) is 11.7 Å². The van der Waals surface area contributed by atoms with Crippen LogP contribution in [0.3, 0.4) is 0 Å². The summed E-state index contributed by atoms with van der Waals surface area (Å²) in [4.78, 5) is 12.6. The Labute approximate surface area is 176 Å². The van der Waals surface area contributed by atoms with Gasteiger partial charge in [-0.05, 0) is 67.6 Å². The highest BCUT2D eigenvalue weighted by Gasteiger charge is 2.22. The Kier molecular flexibility index (Phi) is 6.10. The molecule has 0 radical (unpaired) electrons. The summed E-state index contributed by atoms with van der Waals surface area (Å²) in [5.41, 5.74) is 4.36. The van der Waals surface area contributed by atoms with Crippen molar-refractivity contribution in [1.29, 1.82) is 0 Å². The molecule has 1 unspecified atom stereocenters. The van der Waals surface area contributed by atoms with Crippen molar-refractivity contribution in [3.05, 3.63) is 82.2 Å². The van der Waals surface area contributed by atoms with Crippen LogP contribution < -0.4 is 9.62 Å². The summed E-state index contributed by atoms with van der Waals surface area (Å²) >= 11 is 1.17. The summed E-state index contributed by atoms with van der Waals surface area (Å²) in [5.74, 6) is -0.201. The first-order chi connectivity index (χ1) is 13.7. The standard InChI is InChI=1S/C22H24N2O3S2/c1-15-7-12-20(16(2)14-15)17(3)23-22(25)18-8-10-19(11-9-18)24(4)29(26,27)21-6-5-13-28-21/h5-14,17H,1-4H3,(H,23,25). The van der Waals surface area contributed by atoms with Crippen molar-refractivity contribution in [2.24, 2.45) is 0 Å². The number of sulfonamides is 1. The molecule has 1 amide bonds. The van der Waals surface area contributed by atoms with Crippen LogP contribution in [0.25, 0.3) is 0 Å². The Balaban J connectivity index is 1.73. The summed E-state index contributed by atoms with van der Waals surface area (Å²) in [6.45, 7) is 6.02. The van der Waals surface area contributed by atoms with Crippen LogP contribution in [0.2, 0.25) is 0 Å². The maximum Gasteiger partial charge on any atom is 0.273 e. The van der Waals surface area contributed by atoms with Crippen LogP contribution in [0.15, 0.2) is 64.2 Å². The summed E-state index contributed by atoms with van der Waals surface area (Å²) in [6, 6.07) is 15.9. The third kappa shape index (κ3) is 4.52. The molecule has 0 spiro atoms. The van der Waals surface area contributed by atoms with Crippen molar-refractivity contribution in [1.82, 2.24) is 5.32 Å². The number of nitrogens with zero attached hydrogens (tertiary/aromatic N) is 1. The number of carbonyl (C=O) groups is 1. The normalized spacial score (nSPS) is 12.4. The van der Waals surface area contributed by atoms with Gasteiger partial charge in [0, 0.05) is 12.6 Å². The number of benzene rings is 2. The Morgan fingerprint density at radius 1 is 1.07 bits per heavy atom. The van der Waals surface area contributed by atoms with Crippen molar-refractivity contribution < 1.29 is 13.2 Å². The van der Waals surface area contributed by atoms with Crippen LogP contribution in [0.5, 0.6) is 0 Å². The summed E-state index contributed by atoms with van der Waals surface area (Å²) in [5, 5.41) is 4.73. The van der Waals surface area contributed by atoms with Crippen molar-refractivity contribution in [3.8, 4) is 0 Å². The van der Waals surface area contributed by atoms with Crippen LogP contribution in [0.1, 0.15) is 40.0 Å². The molecule has 0 aliphatic carbocycles. The number of rotatable bonds is 6. The Morgan fingerprint density at radius 2 is 1.76 bits per heavy atom. The lowest BCUT2D eigenvalue weighted by atomic mass is 10.00. The molecule has 3 rings (SSSR count). The maximum atomic E-state index is 12.6. The number of hydrogen-bond acceptors (Lipinski definition) is 4. The number of hydrogen-bond donors (Lipinski definition) is 1. The van der Waals surface area contributed by atoms with Crippen molar-refractivity contribution >= 4 is 33.0 Å². The molecule has 3 aromatic rings. The molecule has 2 aromatic carbocycles. The molecule has 0 fully saturated rings. The van der Waals surface area contributed by atoms with E-state index in [4.69, 9.17) is 0 Å². The van der Waals surface area contributed by atoms with E-state index < -0.39 is 10.0 Å². The fraction of sp³-hybridized carbons (Fsp3) is 0.227. The molecular formula is C22H24N2O3S2. The molecular weight excluding hydrogens is 404 g/mol. The van der Waals surface area contributed by atoms with Crippen LogP contribution in [-0.4, -0.2) is 21.4 Å². The highest BCUT2D eigenvalue weighted by atomic mass is 32.2. The predicted molar refractivity (Wildman–Crippen MR) is 118 cm³/mol. The highest BCUT2D eigenvalue weighted by molar-refractivity contribution is 7.94. The second-order valence-electron chi connectivity index (χ2n) is 7.01. The molecule has 0 saturated carbocycles. The first-order valence-electron chi connectivity index (χ1n) is 9.20. The third-order valence-corrected chi connectivity index (χ3v) is 8.00. The van der Waals surface area contributed by atoms with Crippen LogP contribution in [-0.2, 0) is 10.0 Å². The van der Waals surface area contributed by atoms with Crippen LogP contribution in [0, 0.1) is 13.8 Å². The largest absolute Gasteiger partial charge is 0.346 e. The summed E-state index contributed by atoms with van der Waals surface area (Å²) < 4.78 is 26.8. The molecule has 1 atom stereocenters. The van der Waals surface area contributed by atoms with Crippen molar-refractivity contribution in [3.63, 3.8) is 0 Å². The van der Waals surface area contributed by atoms with E-state index >= 15 is 0 Å². The van der Waals surface area contributed by atoms with E-state index in [1.54, 1.807) is 41.8 Å². The van der Waals surface area contributed by atoms with Gasteiger partial charge in [0.25, 0.3) is 15.9 Å². The fourth-order valence-corrected chi connectivity index (χ4v) is 5.53. The molecule has 5 nitrogen and oxygen atoms in total. The van der Waals surface area contributed by atoms with Gasteiger partial charge in [-0.15, -0.1) is 11.3 Å². The summed E-state index contributed by atoms with van der Waals surface area (Å²) in [6.07, 6.45) is 0. The SMILES string of the molecule is Cc1ccc(C(C)NC(=O)c2ccc(N(C)S(=O)(=O)c3cccs3)cc2)c(C)c1. The first kappa shape index (κ1) is 21.1. The molecule has 7 heteroatoms. The number of anilines is 1. The predicted octanol–water partition coefficient (Wildman–Crippen LogP) is 4.68. The van der Waals surface area contributed by atoms with E-state index in [-0.39, 0.29) is 16.2 Å². The van der Waals surface area contributed by atoms with Crippen molar-refractivity contribution in [2.45, 2.75) is 31.0 Å². The van der Waals surface area contributed by atoms with E-state index in [1.165, 1.54) is 28.3 Å². The molecule has 29 heavy (non-hydrogen) atoms. The minimum absolute atomic E-state index is 0.135. The van der Waals surface area contributed by atoms with Gasteiger partial charge < -0.3 is 5.32 Å². The first-order valence-corrected chi connectivity index (χ1v) is 11.5. The monoisotopic (exact) mass is 428 g/mol. The van der Waals surface area contributed by atoms with Gasteiger partial charge in [0.2, 0.25) is 0 Å². The van der Waals surface area contributed by atoms with E-state index in [2.05, 4.69) is 11.4 Å². The van der Waals surface area contributed by atoms with Crippen LogP contribution in [0.4, 0.5) is 5.69 Å². The minimum Gasteiger partial charge on any atom is -0.346 e. The van der Waals surface area contributed by atoms with E-state index in [0.29, 0.717) is 11.3 Å². The maximum absolute atomic E-state index is 12.6. The molecule has 152 valence electrons. The number of carbonyl (C=O) groups excluding carboxylic acids is 1. The molecule has 1 aromatic heterocycles. The zero-order valence-corrected chi connectivity index (χ0v) is 18.5. The van der Waals surface area contributed by atoms with E-state index in [9.17, 15) is 13.2 Å². The second kappa shape index (κ2) is 8.39. The van der Waals surface area contributed by atoms with Crippen LogP contribution >= 0.6 is 11.3 Å². The lowest BCUT2D eigenvalue weighted by Gasteiger charge is -2.19. The van der Waals surface area contributed by atoms with Gasteiger partial charge in [-0.25, -0.2) is 8.42 Å². The molecule has 0 aliphatic rings. The smallest absolute Gasteiger partial charge is 0.273 e. The lowest BCUT2D eigenvalue weighted by molar-refractivity contribution is 0.0940. The zero-order chi connectivity index (χ0) is 21.2. The number of aryl methyl sites for hydroxylation is 2. The number of amides is 1. The van der Waals surface area contributed by atoms with Gasteiger partial charge in [0.1, 0.15) is 4.21 Å². The quantitative estimate of drug-likeness (QED) is 0.620. The minimum atomic E-state index is -3.59. The number of nitrogens with one attached hydrogen (secondary N) is 1. The highest BCUT2D eigenvalue weighted by Crippen LogP contribution is 2.25. The Morgan fingerprint density at radius 3 is 2.34 bits per heavy atom. The van der Waals surface area contributed by atoms with Gasteiger partial charge in [0.15, 0.2) is 0 Å². The molecule has 1 N–H and O–H groups in total. The van der Waals surface area contributed by atoms with Gasteiger partial charge in [-0.1, -0.05) is 29.8 Å². The Bertz CT molecular complexity index is 1110. The fourth-order valence-electron chi connectivity index (χ4n) is 3.18. The topological polar surface area (TPSA) is 66.5 Å². The van der Waals surface area contributed by atoms with Gasteiger partial charge in [-0.2, -0.15) is 0 Å². The average molecular weight is 429 g/mol. The van der Waals surface area contributed by atoms with Gasteiger partial charge in [-0.3, -0.25) is 9.10 Å². The van der Waals surface area contributed by atoms with Gasteiger partial charge >= 0.3 is 0 Å². The lowest BCUT2D eigenvalue weighted by Crippen LogP contribution is -2.28. The molecule has 0 aliphatic heterocycles.